The highest BCUT2D eigenvalue weighted by atomic mass is 16.6. The van der Waals surface area contributed by atoms with Gasteiger partial charge in [-0.2, -0.15) is 0 Å². The second-order valence-electron chi connectivity index (χ2n) is 13.1. The Bertz CT molecular complexity index is 759. The number of rotatable bonds is 35. The Morgan fingerprint density at radius 3 is 1.33 bits per heavy atom. The summed E-state index contributed by atoms with van der Waals surface area (Å²) >= 11 is 0. The van der Waals surface area contributed by atoms with Crippen molar-refractivity contribution in [1.82, 2.24) is 0 Å². The van der Waals surface area contributed by atoms with Gasteiger partial charge in [-0.05, 0) is 38.2 Å². The van der Waals surface area contributed by atoms with Crippen LogP contribution in [0.4, 0.5) is 0 Å². The van der Waals surface area contributed by atoms with E-state index in [-0.39, 0.29) is 30.9 Å². The number of ether oxygens (including phenoxy) is 2. The van der Waals surface area contributed by atoms with Crippen LogP contribution in [-0.2, 0) is 23.9 Å². The van der Waals surface area contributed by atoms with Crippen LogP contribution < -0.4 is 0 Å². The number of hydrogen-bond acceptors (Lipinski definition) is 6. The van der Waals surface area contributed by atoms with Gasteiger partial charge in [-0.3, -0.25) is 14.4 Å². The Balaban J connectivity index is 3.48. The highest BCUT2D eigenvalue weighted by Crippen LogP contribution is 2.14. The van der Waals surface area contributed by atoms with Crippen molar-refractivity contribution in [1.29, 1.82) is 0 Å². The monoisotopic (exact) mass is 649 g/mol. The lowest BCUT2D eigenvalue weighted by Gasteiger charge is -2.12. The highest BCUT2D eigenvalue weighted by Gasteiger charge is 2.12. The lowest BCUT2D eigenvalue weighted by molar-refractivity contribution is -0.152. The maximum absolute atomic E-state index is 12.0. The Labute approximate surface area is 283 Å². The first kappa shape index (κ1) is 44.0. The van der Waals surface area contributed by atoms with Gasteiger partial charge in [0.15, 0.2) is 5.78 Å². The summed E-state index contributed by atoms with van der Waals surface area (Å²) in [5, 5.41) is 10.00. The lowest BCUT2D eigenvalue weighted by Crippen LogP contribution is -2.25. The summed E-state index contributed by atoms with van der Waals surface area (Å²) in [6.45, 7) is 4.13. The molecule has 0 amide bonds. The number of ketones is 1. The molecule has 6 nitrogen and oxygen atoms in total. The number of hydrogen-bond donors (Lipinski definition) is 1. The summed E-state index contributed by atoms with van der Waals surface area (Å²) in [5.41, 5.74) is 0. The lowest BCUT2D eigenvalue weighted by atomic mass is 10.0. The summed E-state index contributed by atoms with van der Waals surface area (Å²) in [6.07, 6.45) is 37.8. The molecule has 0 radical (unpaired) electrons. The molecule has 0 aromatic carbocycles. The van der Waals surface area contributed by atoms with Crippen molar-refractivity contribution in [2.45, 2.75) is 200 Å². The van der Waals surface area contributed by atoms with Crippen LogP contribution in [0.5, 0.6) is 0 Å². The minimum atomic E-state index is -0.985. The molecule has 0 heterocycles. The smallest absolute Gasteiger partial charge is 0.305 e. The first-order valence-corrected chi connectivity index (χ1v) is 19.3. The predicted octanol–water partition coefficient (Wildman–Crippen LogP) is 11.1. The predicted molar refractivity (Wildman–Crippen MR) is 192 cm³/mol. The van der Waals surface area contributed by atoms with Crippen molar-refractivity contribution < 1.29 is 29.0 Å². The fourth-order valence-corrected chi connectivity index (χ4v) is 5.42. The highest BCUT2D eigenvalue weighted by molar-refractivity contribution is 5.89. The van der Waals surface area contributed by atoms with Gasteiger partial charge in [0.1, 0.15) is 19.3 Å². The van der Waals surface area contributed by atoms with Crippen molar-refractivity contribution in [3.8, 4) is 0 Å². The molecule has 0 saturated carbocycles. The van der Waals surface area contributed by atoms with Crippen molar-refractivity contribution in [3.05, 3.63) is 24.3 Å². The number of aliphatic hydroxyl groups excluding tert-OH is 1. The fourth-order valence-electron chi connectivity index (χ4n) is 5.42. The van der Waals surface area contributed by atoms with Crippen molar-refractivity contribution in [2.24, 2.45) is 0 Å². The van der Waals surface area contributed by atoms with Crippen molar-refractivity contribution in [3.63, 3.8) is 0 Å². The van der Waals surface area contributed by atoms with Gasteiger partial charge in [0.05, 0.1) is 0 Å². The SMILES string of the molecule is CCCCCCCCCCCCCCCCCCC(=O)OC[C@@H](O)COC(=O)CCCCCCC/C=C\C=C\C(=O)CCCCC. The maximum Gasteiger partial charge on any atom is 0.305 e. The average Bonchev–Trinajstić information content (AvgIpc) is 3.05. The standard InChI is InChI=1S/C40H72O6/c1-3-5-7-8-9-10-11-12-13-14-15-16-19-22-25-29-33-39(43)45-35-38(42)36-46-40(44)34-30-26-23-20-17-18-21-24-28-32-37(41)31-27-6-4-2/h21,24,28,32,38,42H,3-20,22-23,25-27,29-31,33-36H2,1-2H3/b24-21-,32-28+/t38-/m1/s1. The second kappa shape index (κ2) is 35.9. The van der Waals surface area contributed by atoms with Gasteiger partial charge in [0.25, 0.3) is 0 Å². The molecule has 46 heavy (non-hydrogen) atoms. The Hall–Kier alpha value is -1.95. The van der Waals surface area contributed by atoms with Crippen molar-refractivity contribution >= 4 is 17.7 Å². The molecule has 0 aliphatic heterocycles. The molecule has 0 unspecified atom stereocenters. The summed E-state index contributed by atoms with van der Waals surface area (Å²) in [5.74, 6) is -0.418. The van der Waals surface area contributed by atoms with Crippen LogP contribution in [0.3, 0.4) is 0 Å². The van der Waals surface area contributed by atoms with Crippen LogP contribution in [0, 0.1) is 0 Å². The number of allylic oxidation sites excluding steroid dienone is 4. The molecule has 0 spiro atoms. The number of aliphatic hydroxyl groups is 1. The first-order chi connectivity index (χ1) is 22.5. The quantitative estimate of drug-likeness (QED) is 0.0318. The number of esters is 2. The zero-order chi connectivity index (χ0) is 33.8. The van der Waals surface area contributed by atoms with E-state index in [9.17, 15) is 19.5 Å². The van der Waals surface area contributed by atoms with Crippen LogP contribution >= 0.6 is 0 Å². The minimum Gasteiger partial charge on any atom is -0.463 e. The second-order valence-corrected chi connectivity index (χ2v) is 13.1. The maximum atomic E-state index is 12.0. The van der Waals surface area contributed by atoms with Crippen molar-refractivity contribution in [2.75, 3.05) is 13.2 Å². The van der Waals surface area contributed by atoms with Gasteiger partial charge in [0.2, 0.25) is 0 Å². The van der Waals surface area contributed by atoms with E-state index in [0.29, 0.717) is 19.3 Å². The summed E-state index contributed by atoms with van der Waals surface area (Å²) in [4.78, 5) is 35.6. The van der Waals surface area contributed by atoms with Gasteiger partial charge in [-0.1, -0.05) is 160 Å². The van der Waals surface area contributed by atoms with Crippen LogP contribution in [0.1, 0.15) is 194 Å². The topological polar surface area (TPSA) is 89.9 Å². The number of unbranched alkanes of at least 4 members (excludes halogenated alkanes) is 22. The van der Waals surface area contributed by atoms with Gasteiger partial charge in [-0.15, -0.1) is 0 Å². The van der Waals surface area contributed by atoms with Gasteiger partial charge in [0, 0.05) is 19.3 Å². The van der Waals surface area contributed by atoms with E-state index in [4.69, 9.17) is 9.47 Å². The van der Waals surface area contributed by atoms with Gasteiger partial charge < -0.3 is 14.6 Å². The molecule has 268 valence electrons. The van der Waals surface area contributed by atoms with E-state index in [0.717, 1.165) is 77.0 Å². The van der Waals surface area contributed by atoms with E-state index in [2.05, 4.69) is 19.9 Å². The van der Waals surface area contributed by atoms with Gasteiger partial charge >= 0.3 is 11.9 Å². The van der Waals surface area contributed by atoms with Crippen LogP contribution in [-0.4, -0.2) is 42.1 Å². The molecule has 1 N–H and O–H groups in total. The van der Waals surface area contributed by atoms with E-state index in [1.165, 1.54) is 83.5 Å². The zero-order valence-corrected chi connectivity index (χ0v) is 30.1. The molecular formula is C40H72O6. The molecular weight excluding hydrogens is 576 g/mol. The average molecular weight is 649 g/mol. The third-order valence-corrected chi connectivity index (χ3v) is 8.42. The zero-order valence-electron chi connectivity index (χ0n) is 30.1. The molecule has 1 atom stereocenters. The normalized spacial score (nSPS) is 12.2. The first-order valence-electron chi connectivity index (χ1n) is 19.3. The molecule has 0 bridgehead atoms. The van der Waals surface area contributed by atoms with E-state index >= 15 is 0 Å². The number of carbonyl (C=O) groups is 3. The summed E-state index contributed by atoms with van der Waals surface area (Å²) in [7, 11) is 0. The molecule has 0 rings (SSSR count). The molecule has 0 saturated heterocycles. The molecule has 0 fully saturated rings. The summed E-state index contributed by atoms with van der Waals surface area (Å²) in [6, 6.07) is 0. The van der Waals surface area contributed by atoms with Gasteiger partial charge in [-0.25, -0.2) is 0 Å². The minimum absolute atomic E-state index is 0.134. The van der Waals surface area contributed by atoms with E-state index < -0.39 is 6.10 Å². The van der Waals surface area contributed by atoms with Crippen LogP contribution in [0.15, 0.2) is 24.3 Å². The molecule has 0 aliphatic rings. The third kappa shape index (κ3) is 34.9. The largest absolute Gasteiger partial charge is 0.463 e. The summed E-state index contributed by atoms with van der Waals surface area (Å²) < 4.78 is 10.3. The van der Waals surface area contributed by atoms with E-state index in [1.54, 1.807) is 6.08 Å². The third-order valence-electron chi connectivity index (χ3n) is 8.42. The fraction of sp³-hybridized carbons (Fsp3) is 0.825. The Kier molecular flexibility index (Phi) is 34.4. The molecule has 0 aromatic heterocycles. The molecule has 0 aromatic rings. The van der Waals surface area contributed by atoms with E-state index in [1.807, 2.05) is 12.2 Å². The Morgan fingerprint density at radius 1 is 0.500 bits per heavy atom. The molecule has 0 aliphatic carbocycles. The number of carbonyl (C=O) groups excluding carboxylic acids is 3. The molecule has 6 heteroatoms. The van der Waals surface area contributed by atoms with Crippen LogP contribution in [0.2, 0.25) is 0 Å². The Morgan fingerprint density at radius 2 is 0.870 bits per heavy atom. The van der Waals surface area contributed by atoms with Crippen LogP contribution in [0.25, 0.3) is 0 Å².